The van der Waals surface area contributed by atoms with Crippen molar-refractivity contribution < 1.29 is 13.2 Å². The van der Waals surface area contributed by atoms with Gasteiger partial charge >= 0.3 is 6.18 Å². The van der Waals surface area contributed by atoms with Crippen molar-refractivity contribution in [1.29, 1.82) is 0 Å². The number of anilines is 2. The van der Waals surface area contributed by atoms with Crippen LogP contribution in [0.4, 0.5) is 24.7 Å². The molecule has 19 heavy (non-hydrogen) atoms. The van der Waals surface area contributed by atoms with E-state index in [0.717, 1.165) is 11.6 Å². The van der Waals surface area contributed by atoms with Crippen LogP contribution >= 0.6 is 11.6 Å². The van der Waals surface area contributed by atoms with Crippen LogP contribution in [0.15, 0.2) is 36.4 Å². The number of hydrogen-bond acceptors (Lipinski definition) is 3. The Labute approximate surface area is 112 Å². The topological polar surface area (TPSA) is 37.8 Å². The van der Waals surface area contributed by atoms with Gasteiger partial charge in [-0.05, 0) is 29.8 Å². The highest BCUT2D eigenvalue weighted by molar-refractivity contribution is 6.17. The molecule has 0 fully saturated rings. The number of halogens is 4. The van der Waals surface area contributed by atoms with Crippen molar-refractivity contribution in [2.45, 2.75) is 12.1 Å². The summed E-state index contributed by atoms with van der Waals surface area (Å²) >= 11 is 5.69. The van der Waals surface area contributed by atoms with Crippen LogP contribution in [-0.4, -0.2) is 10.2 Å². The molecular formula is C12H9ClF3N3. The molecule has 0 aliphatic carbocycles. The zero-order valence-corrected chi connectivity index (χ0v) is 10.3. The van der Waals surface area contributed by atoms with Crippen LogP contribution < -0.4 is 5.32 Å². The number of nitrogens with one attached hydrogen (secondary N) is 1. The van der Waals surface area contributed by atoms with Crippen molar-refractivity contribution in [2.75, 3.05) is 5.32 Å². The van der Waals surface area contributed by atoms with Gasteiger partial charge in [0.15, 0.2) is 11.5 Å². The molecule has 2 rings (SSSR count). The molecular weight excluding hydrogens is 279 g/mol. The van der Waals surface area contributed by atoms with Gasteiger partial charge in [-0.2, -0.15) is 13.2 Å². The summed E-state index contributed by atoms with van der Waals surface area (Å²) in [4.78, 5) is 0. The van der Waals surface area contributed by atoms with E-state index in [0.29, 0.717) is 11.6 Å². The number of alkyl halides is 4. The minimum absolute atomic E-state index is 0.236. The Morgan fingerprint density at radius 2 is 1.89 bits per heavy atom. The first-order valence-corrected chi connectivity index (χ1v) is 5.85. The Bertz CT molecular complexity index is 555. The van der Waals surface area contributed by atoms with Gasteiger partial charge in [0.25, 0.3) is 0 Å². The van der Waals surface area contributed by atoms with Crippen LogP contribution in [0.1, 0.15) is 11.3 Å². The first-order valence-electron chi connectivity index (χ1n) is 5.32. The number of rotatable bonds is 3. The molecule has 1 heterocycles. The third-order valence-electron chi connectivity index (χ3n) is 2.31. The number of aromatic nitrogens is 2. The Morgan fingerprint density at radius 1 is 1.11 bits per heavy atom. The van der Waals surface area contributed by atoms with Gasteiger partial charge in [-0.1, -0.05) is 12.1 Å². The van der Waals surface area contributed by atoms with Gasteiger partial charge in [-0.3, -0.25) is 0 Å². The molecule has 100 valence electrons. The molecule has 1 N–H and O–H groups in total. The summed E-state index contributed by atoms with van der Waals surface area (Å²) in [6.07, 6.45) is -4.48. The first kappa shape index (κ1) is 13.6. The second kappa shape index (κ2) is 5.44. The van der Waals surface area contributed by atoms with E-state index in [9.17, 15) is 13.2 Å². The highest BCUT2D eigenvalue weighted by Crippen LogP contribution is 2.27. The normalized spacial score (nSPS) is 11.4. The molecule has 3 nitrogen and oxygen atoms in total. The monoisotopic (exact) mass is 287 g/mol. The minimum Gasteiger partial charge on any atom is -0.339 e. The molecule has 1 aromatic heterocycles. The van der Waals surface area contributed by atoms with Gasteiger partial charge in [-0.25, -0.2) is 0 Å². The van der Waals surface area contributed by atoms with E-state index in [2.05, 4.69) is 15.5 Å². The highest BCUT2D eigenvalue weighted by Gasteiger charge is 2.32. The van der Waals surface area contributed by atoms with Crippen molar-refractivity contribution in [2.24, 2.45) is 0 Å². The lowest BCUT2D eigenvalue weighted by molar-refractivity contribution is -0.141. The van der Waals surface area contributed by atoms with Crippen molar-refractivity contribution >= 4 is 23.1 Å². The second-order valence-electron chi connectivity index (χ2n) is 3.76. The predicted molar refractivity (Wildman–Crippen MR) is 66.3 cm³/mol. The molecule has 0 radical (unpaired) electrons. The van der Waals surface area contributed by atoms with Gasteiger partial charge in [0, 0.05) is 11.6 Å². The molecule has 0 bridgehead atoms. The average molecular weight is 288 g/mol. The number of nitrogens with zero attached hydrogens (tertiary/aromatic N) is 2. The van der Waals surface area contributed by atoms with Gasteiger partial charge in [0.1, 0.15) is 0 Å². The summed E-state index contributed by atoms with van der Waals surface area (Å²) in [5.74, 6) is 0.591. The first-order chi connectivity index (χ1) is 8.99. The summed E-state index contributed by atoms with van der Waals surface area (Å²) < 4.78 is 36.9. The molecule has 0 aliphatic rings. The molecule has 0 saturated carbocycles. The lowest BCUT2D eigenvalue weighted by Crippen LogP contribution is -2.09. The zero-order chi connectivity index (χ0) is 13.9. The van der Waals surface area contributed by atoms with Gasteiger partial charge in [0.2, 0.25) is 0 Å². The standard InChI is InChI=1S/C12H9ClF3N3/c13-7-8-2-1-3-9(6-8)17-11-5-4-10(18-19-11)12(14,15)16/h1-6H,7H2,(H,17,19). The molecule has 0 unspecified atom stereocenters. The molecule has 0 amide bonds. The van der Waals surface area contributed by atoms with E-state index >= 15 is 0 Å². The Hall–Kier alpha value is -1.82. The van der Waals surface area contributed by atoms with Crippen LogP contribution in [0.25, 0.3) is 0 Å². The van der Waals surface area contributed by atoms with Gasteiger partial charge in [-0.15, -0.1) is 21.8 Å². The SMILES string of the molecule is FC(F)(F)c1ccc(Nc2cccc(CCl)c2)nn1. The molecule has 0 aliphatic heterocycles. The van der Waals surface area contributed by atoms with Crippen LogP contribution in [0.2, 0.25) is 0 Å². The average Bonchev–Trinajstić information content (AvgIpc) is 2.38. The molecule has 0 saturated heterocycles. The van der Waals surface area contributed by atoms with E-state index in [-0.39, 0.29) is 5.82 Å². The fourth-order valence-corrected chi connectivity index (χ4v) is 1.60. The van der Waals surface area contributed by atoms with E-state index < -0.39 is 11.9 Å². The van der Waals surface area contributed by atoms with Crippen molar-refractivity contribution in [3.05, 3.63) is 47.7 Å². The zero-order valence-electron chi connectivity index (χ0n) is 9.58. The van der Waals surface area contributed by atoms with E-state index in [1.165, 1.54) is 6.07 Å². The summed E-state index contributed by atoms with van der Waals surface area (Å²) in [6, 6.07) is 9.28. The van der Waals surface area contributed by atoms with Crippen LogP contribution in [-0.2, 0) is 12.1 Å². The highest BCUT2D eigenvalue weighted by atomic mass is 35.5. The van der Waals surface area contributed by atoms with Crippen LogP contribution in [0, 0.1) is 0 Å². The maximum atomic E-state index is 12.3. The molecule has 2 aromatic rings. The minimum atomic E-state index is -4.48. The molecule has 0 spiro atoms. The van der Waals surface area contributed by atoms with Crippen LogP contribution in [0.3, 0.4) is 0 Å². The Morgan fingerprint density at radius 3 is 2.47 bits per heavy atom. The smallest absolute Gasteiger partial charge is 0.339 e. The fourth-order valence-electron chi connectivity index (χ4n) is 1.43. The van der Waals surface area contributed by atoms with Crippen molar-refractivity contribution in [1.82, 2.24) is 10.2 Å². The van der Waals surface area contributed by atoms with Crippen molar-refractivity contribution in [3.8, 4) is 0 Å². The molecule has 7 heteroatoms. The lowest BCUT2D eigenvalue weighted by Gasteiger charge is -2.08. The fraction of sp³-hybridized carbons (Fsp3) is 0.167. The number of benzene rings is 1. The van der Waals surface area contributed by atoms with Crippen LogP contribution in [0.5, 0.6) is 0 Å². The third-order valence-corrected chi connectivity index (χ3v) is 2.62. The Kier molecular flexibility index (Phi) is 3.90. The second-order valence-corrected chi connectivity index (χ2v) is 4.03. The van der Waals surface area contributed by atoms with Gasteiger partial charge in [0.05, 0.1) is 0 Å². The summed E-state index contributed by atoms with van der Waals surface area (Å²) in [7, 11) is 0. The largest absolute Gasteiger partial charge is 0.435 e. The maximum Gasteiger partial charge on any atom is 0.435 e. The predicted octanol–water partition coefficient (Wildman–Crippen LogP) is 3.98. The summed E-state index contributed by atoms with van der Waals surface area (Å²) in [5.41, 5.74) is 0.561. The number of hydrogen-bond donors (Lipinski definition) is 1. The van der Waals surface area contributed by atoms with E-state index in [1.54, 1.807) is 18.2 Å². The van der Waals surface area contributed by atoms with Gasteiger partial charge < -0.3 is 5.32 Å². The lowest BCUT2D eigenvalue weighted by atomic mass is 10.2. The summed E-state index contributed by atoms with van der Waals surface area (Å²) in [6.45, 7) is 0. The Balaban J connectivity index is 2.15. The van der Waals surface area contributed by atoms with E-state index in [4.69, 9.17) is 11.6 Å². The summed E-state index contributed by atoms with van der Waals surface area (Å²) in [5, 5.41) is 9.46. The van der Waals surface area contributed by atoms with Crippen molar-refractivity contribution in [3.63, 3.8) is 0 Å². The molecule has 0 atom stereocenters. The third kappa shape index (κ3) is 3.57. The quantitative estimate of drug-likeness (QED) is 0.868. The molecule has 1 aromatic carbocycles. The maximum absolute atomic E-state index is 12.3. The van der Waals surface area contributed by atoms with E-state index in [1.807, 2.05) is 6.07 Å².